The zero-order valence-electron chi connectivity index (χ0n) is 9.58. The Morgan fingerprint density at radius 1 is 1.69 bits per heavy atom. The molecule has 0 bridgehead atoms. The molecule has 90 valence electrons. The summed E-state index contributed by atoms with van der Waals surface area (Å²) in [7, 11) is 0. The maximum absolute atomic E-state index is 11.0. The number of hydrogen-bond acceptors (Lipinski definition) is 3. The summed E-state index contributed by atoms with van der Waals surface area (Å²) in [6.07, 6.45) is 0.439. The Morgan fingerprint density at radius 3 is 2.62 bits per heavy atom. The van der Waals surface area contributed by atoms with E-state index in [-0.39, 0.29) is 6.04 Å². The second-order valence-electron chi connectivity index (χ2n) is 4.55. The fourth-order valence-corrected chi connectivity index (χ4v) is 2.96. The molecular formula is C11H16BrNO2S. The summed E-state index contributed by atoms with van der Waals surface area (Å²) in [5.74, 6) is -0.810. The Kier molecular flexibility index (Phi) is 4.15. The van der Waals surface area contributed by atoms with Crippen molar-refractivity contribution < 1.29 is 9.90 Å². The molecule has 0 amide bonds. The van der Waals surface area contributed by atoms with Crippen LogP contribution in [-0.4, -0.2) is 11.1 Å². The average molecular weight is 306 g/mol. The molecule has 0 saturated heterocycles. The molecule has 0 radical (unpaired) electrons. The van der Waals surface area contributed by atoms with Gasteiger partial charge in [-0.05, 0) is 49.2 Å². The summed E-state index contributed by atoms with van der Waals surface area (Å²) >= 11 is 5.04. The van der Waals surface area contributed by atoms with Gasteiger partial charge in [0, 0.05) is 20.3 Å². The van der Waals surface area contributed by atoms with E-state index in [9.17, 15) is 4.79 Å². The monoisotopic (exact) mass is 305 g/mol. The lowest BCUT2D eigenvalue weighted by Crippen LogP contribution is -2.28. The van der Waals surface area contributed by atoms with E-state index in [1.54, 1.807) is 25.2 Å². The molecule has 1 aromatic rings. The van der Waals surface area contributed by atoms with Crippen LogP contribution in [0.5, 0.6) is 0 Å². The molecule has 5 heteroatoms. The van der Waals surface area contributed by atoms with Crippen molar-refractivity contribution in [1.82, 2.24) is 0 Å². The molecule has 1 rings (SSSR count). The van der Waals surface area contributed by atoms with Crippen LogP contribution in [0, 0.1) is 12.3 Å². The molecule has 0 aliphatic carbocycles. The molecule has 0 aliphatic rings. The SMILES string of the molecule is Cc1sc(C(N)CC(C)(C)C(=O)O)cc1Br. The topological polar surface area (TPSA) is 63.3 Å². The predicted molar refractivity (Wildman–Crippen MR) is 69.7 cm³/mol. The Balaban J connectivity index is 2.80. The molecule has 0 aliphatic heterocycles. The third-order valence-electron chi connectivity index (χ3n) is 2.55. The van der Waals surface area contributed by atoms with Crippen molar-refractivity contribution in [3.05, 3.63) is 20.3 Å². The molecule has 1 heterocycles. The number of thiophene rings is 1. The molecule has 0 saturated carbocycles. The number of aryl methyl sites for hydroxylation is 1. The number of rotatable bonds is 4. The van der Waals surface area contributed by atoms with Gasteiger partial charge in [-0.25, -0.2) is 0 Å². The van der Waals surface area contributed by atoms with Gasteiger partial charge >= 0.3 is 5.97 Å². The molecule has 0 spiro atoms. The first-order valence-corrected chi connectivity index (χ1v) is 6.60. The van der Waals surface area contributed by atoms with E-state index in [1.807, 2.05) is 13.0 Å². The van der Waals surface area contributed by atoms with Gasteiger partial charge in [-0.1, -0.05) is 0 Å². The molecule has 0 aromatic carbocycles. The number of nitrogens with two attached hydrogens (primary N) is 1. The van der Waals surface area contributed by atoms with Crippen molar-refractivity contribution in [2.45, 2.75) is 33.2 Å². The molecule has 16 heavy (non-hydrogen) atoms. The van der Waals surface area contributed by atoms with Crippen LogP contribution in [0.4, 0.5) is 0 Å². The van der Waals surface area contributed by atoms with Crippen LogP contribution in [0.3, 0.4) is 0 Å². The fraction of sp³-hybridized carbons (Fsp3) is 0.545. The van der Waals surface area contributed by atoms with E-state index < -0.39 is 11.4 Å². The third kappa shape index (κ3) is 3.06. The van der Waals surface area contributed by atoms with Crippen LogP contribution in [0.2, 0.25) is 0 Å². The van der Waals surface area contributed by atoms with E-state index in [0.29, 0.717) is 6.42 Å². The summed E-state index contributed by atoms with van der Waals surface area (Å²) in [4.78, 5) is 13.2. The maximum atomic E-state index is 11.0. The van der Waals surface area contributed by atoms with Gasteiger partial charge in [0.2, 0.25) is 0 Å². The highest BCUT2D eigenvalue weighted by Crippen LogP contribution is 2.35. The Bertz CT molecular complexity index is 381. The summed E-state index contributed by atoms with van der Waals surface area (Å²) in [6.45, 7) is 5.41. The molecular weight excluding hydrogens is 290 g/mol. The van der Waals surface area contributed by atoms with Crippen LogP contribution >= 0.6 is 27.3 Å². The minimum Gasteiger partial charge on any atom is -0.481 e. The summed E-state index contributed by atoms with van der Waals surface area (Å²) in [5, 5.41) is 9.04. The smallest absolute Gasteiger partial charge is 0.309 e. The highest BCUT2D eigenvalue weighted by atomic mass is 79.9. The molecule has 3 nitrogen and oxygen atoms in total. The van der Waals surface area contributed by atoms with Gasteiger partial charge in [-0.3, -0.25) is 4.79 Å². The van der Waals surface area contributed by atoms with Crippen molar-refractivity contribution in [2.24, 2.45) is 11.1 Å². The molecule has 3 N–H and O–H groups in total. The van der Waals surface area contributed by atoms with Gasteiger partial charge in [0.05, 0.1) is 5.41 Å². The minimum atomic E-state index is -0.810. The standard InChI is InChI=1S/C11H16BrNO2S/c1-6-7(12)4-9(16-6)8(13)5-11(2,3)10(14)15/h4,8H,5,13H2,1-3H3,(H,14,15). The average Bonchev–Trinajstić information content (AvgIpc) is 2.46. The quantitative estimate of drug-likeness (QED) is 0.897. The lowest BCUT2D eigenvalue weighted by molar-refractivity contribution is -0.147. The van der Waals surface area contributed by atoms with Gasteiger partial charge in [0.25, 0.3) is 0 Å². The molecule has 0 fully saturated rings. The van der Waals surface area contributed by atoms with Crippen LogP contribution in [0.15, 0.2) is 10.5 Å². The number of aliphatic carboxylic acids is 1. The number of carbonyl (C=O) groups is 1. The van der Waals surface area contributed by atoms with Crippen LogP contribution < -0.4 is 5.73 Å². The van der Waals surface area contributed by atoms with Crippen molar-refractivity contribution in [3.8, 4) is 0 Å². The number of carboxylic acid groups (broad SMARTS) is 1. The van der Waals surface area contributed by atoms with Crippen molar-refractivity contribution in [1.29, 1.82) is 0 Å². The van der Waals surface area contributed by atoms with Gasteiger partial charge in [0.1, 0.15) is 0 Å². The lowest BCUT2D eigenvalue weighted by atomic mass is 9.86. The number of carboxylic acids is 1. The molecule has 1 atom stereocenters. The van der Waals surface area contributed by atoms with Gasteiger partial charge < -0.3 is 10.8 Å². The Morgan fingerprint density at radius 2 is 2.25 bits per heavy atom. The number of hydrogen-bond donors (Lipinski definition) is 2. The van der Waals surface area contributed by atoms with E-state index in [4.69, 9.17) is 10.8 Å². The van der Waals surface area contributed by atoms with Gasteiger partial charge in [-0.2, -0.15) is 0 Å². The van der Waals surface area contributed by atoms with Crippen molar-refractivity contribution >= 4 is 33.2 Å². The highest BCUT2D eigenvalue weighted by molar-refractivity contribution is 9.10. The third-order valence-corrected chi connectivity index (χ3v) is 4.82. The Labute approximate surface area is 108 Å². The first kappa shape index (κ1) is 13.7. The second-order valence-corrected chi connectivity index (χ2v) is 6.69. The zero-order valence-corrected chi connectivity index (χ0v) is 12.0. The minimum absolute atomic E-state index is 0.221. The zero-order chi connectivity index (χ0) is 12.5. The van der Waals surface area contributed by atoms with Crippen LogP contribution in [0.25, 0.3) is 0 Å². The van der Waals surface area contributed by atoms with Crippen molar-refractivity contribution in [3.63, 3.8) is 0 Å². The van der Waals surface area contributed by atoms with E-state index in [1.165, 1.54) is 4.88 Å². The van der Waals surface area contributed by atoms with Gasteiger partial charge in [0.15, 0.2) is 0 Å². The summed E-state index contributed by atoms with van der Waals surface area (Å²) < 4.78 is 1.04. The van der Waals surface area contributed by atoms with E-state index in [2.05, 4.69) is 15.9 Å². The van der Waals surface area contributed by atoms with Crippen molar-refractivity contribution in [2.75, 3.05) is 0 Å². The maximum Gasteiger partial charge on any atom is 0.309 e. The fourth-order valence-electron chi connectivity index (χ4n) is 1.40. The Hall–Kier alpha value is -0.390. The summed E-state index contributed by atoms with van der Waals surface area (Å²) in [5.41, 5.74) is 5.24. The predicted octanol–water partition coefficient (Wildman–Crippen LogP) is 3.32. The van der Waals surface area contributed by atoms with E-state index in [0.717, 1.165) is 9.35 Å². The van der Waals surface area contributed by atoms with Crippen LogP contribution in [-0.2, 0) is 4.79 Å². The van der Waals surface area contributed by atoms with Crippen LogP contribution in [0.1, 0.15) is 36.1 Å². The molecule has 1 aromatic heterocycles. The summed E-state index contributed by atoms with van der Waals surface area (Å²) in [6, 6.07) is 1.75. The van der Waals surface area contributed by atoms with Gasteiger partial charge in [-0.15, -0.1) is 11.3 Å². The first-order valence-electron chi connectivity index (χ1n) is 4.99. The highest BCUT2D eigenvalue weighted by Gasteiger charge is 2.30. The number of halogens is 1. The first-order chi connectivity index (χ1) is 7.24. The largest absolute Gasteiger partial charge is 0.481 e. The molecule has 1 unspecified atom stereocenters. The normalized spacial score (nSPS) is 13.8. The van der Waals surface area contributed by atoms with E-state index >= 15 is 0 Å². The lowest BCUT2D eigenvalue weighted by Gasteiger charge is -2.22. The second kappa shape index (κ2) is 4.85.